The smallest absolute Gasteiger partial charge is 0.397 e. The van der Waals surface area contributed by atoms with Crippen molar-refractivity contribution in [3.8, 4) is 0 Å². The van der Waals surface area contributed by atoms with Crippen molar-refractivity contribution in [1.29, 1.82) is 0 Å². The van der Waals surface area contributed by atoms with Crippen molar-refractivity contribution in [2.24, 2.45) is 11.8 Å². The van der Waals surface area contributed by atoms with Crippen molar-refractivity contribution < 1.29 is 54.3 Å². The van der Waals surface area contributed by atoms with Gasteiger partial charge in [0.15, 0.2) is 10.3 Å². The first-order valence-corrected chi connectivity index (χ1v) is 27.7. The number of alkyl halides is 9. The molecule has 32 heteroatoms. The van der Waals surface area contributed by atoms with Gasteiger partial charge in [0.1, 0.15) is 30.0 Å². The molecule has 0 spiro atoms. The number of nitro groups is 3. The van der Waals surface area contributed by atoms with Gasteiger partial charge in [0.05, 0.1) is 20.5 Å². The van der Waals surface area contributed by atoms with Gasteiger partial charge in [-0.05, 0) is 192 Å². The average molecular weight is 1470 g/mol. The maximum absolute atomic E-state index is 12.9. The van der Waals surface area contributed by atoms with Gasteiger partial charge < -0.3 is 15.5 Å². The summed E-state index contributed by atoms with van der Waals surface area (Å²) in [4.78, 5) is 50.5. The third kappa shape index (κ3) is 17.7. The Kier molecular flexibility index (Phi) is 23.1. The highest BCUT2D eigenvalue weighted by molar-refractivity contribution is 9.11. The second-order valence-electron chi connectivity index (χ2n) is 18.5. The zero-order valence-corrected chi connectivity index (χ0v) is 49.5. The summed E-state index contributed by atoms with van der Waals surface area (Å²) in [6.07, 6.45) is 1.70. The average Bonchev–Trinajstić information content (AvgIpc) is 4.34. The number of hydrogen-bond acceptors (Lipinski definition) is 14. The van der Waals surface area contributed by atoms with Gasteiger partial charge in [0.25, 0.3) is 11.4 Å². The number of hydrogen-bond donors (Lipinski definition) is 1. The molecule has 6 aliphatic rings. The summed E-state index contributed by atoms with van der Waals surface area (Å²) < 4.78 is 116. The third-order valence-electron chi connectivity index (χ3n) is 13.6. The van der Waals surface area contributed by atoms with Crippen molar-refractivity contribution in [1.82, 2.24) is 24.9 Å². The molecule has 4 saturated heterocycles. The summed E-state index contributed by atoms with van der Waals surface area (Å²) in [6.45, 7) is 0. The van der Waals surface area contributed by atoms with E-state index in [0.29, 0.717) is 22.5 Å². The number of nitrogens with zero attached hydrogens (tertiary/aromatic N) is 10. The molecule has 2 saturated carbocycles. The molecule has 430 valence electrons. The molecule has 9 heterocycles. The van der Waals surface area contributed by atoms with Gasteiger partial charge in [0.2, 0.25) is 11.4 Å². The summed E-state index contributed by atoms with van der Waals surface area (Å²) in [6, 6.07) is 16.7. The second-order valence-corrected chi connectivity index (χ2v) is 22.5. The molecule has 0 radical (unpaired) electrons. The molecule has 2 aliphatic carbocycles. The number of pyridine rings is 5. The van der Waals surface area contributed by atoms with Crippen LogP contribution in [0.1, 0.15) is 101 Å². The Balaban J connectivity index is 0.000000180. The number of rotatable bonds is 5. The van der Waals surface area contributed by atoms with Crippen LogP contribution >= 0.6 is 92.1 Å². The van der Waals surface area contributed by atoms with Gasteiger partial charge in [-0.3, -0.25) is 30.3 Å². The van der Waals surface area contributed by atoms with E-state index in [9.17, 15) is 69.9 Å². The van der Waals surface area contributed by atoms with E-state index >= 15 is 0 Å². The van der Waals surface area contributed by atoms with Crippen LogP contribution in [0.2, 0.25) is 0 Å². The van der Waals surface area contributed by atoms with Gasteiger partial charge in [-0.1, -0.05) is 31.7 Å². The minimum absolute atomic E-state index is 0. The number of halogens is 15. The fourth-order valence-corrected chi connectivity index (χ4v) is 12.5. The topological polar surface area (TPSA) is 226 Å². The fraction of sp³-hybridized carbons (Fsp3) is 0.468. The molecule has 79 heavy (non-hydrogen) atoms. The van der Waals surface area contributed by atoms with Crippen molar-refractivity contribution >= 4 is 126 Å². The number of nitrogens with two attached hydrogens (primary N) is 1. The minimum Gasteiger partial charge on any atom is -0.397 e. The van der Waals surface area contributed by atoms with E-state index in [2.05, 4.69) is 105 Å². The van der Waals surface area contributed by atoms with Crippen LogP contribution in [0.3, 0.4) is 0 Å². The first kappa shape index (κ1) is 65.2. The molecular weight excluding hydrogens is 1420 g/mol. The van der Waals surface area contributed by atoms with Crippen molar-refractivity contribution in [2.75, 3.05) is 15.5 Å². The molecule has 0 amide bonds. The lowest BCUT2D eigenvalue weighted by Crippen LogP contribution is -2.29. The molecule has 17 nitrogen and oxygen atoms in total. The highest BCUT2D eigenvalue weighted by atomic mass is 79.9. The van der Waals surface area contributed by atoms with Gasteiger partial charge in [0, 0.05) is 42.4 Å². The standard InChI is InChI=1S/C12H12F3N3O2.C12H14F3N3.C7H12.C6H2BrF3N2O2.C5H2Br2N2O2.C5H3Br2N.ClH/c13-12(14,15)11-9(18(19)20)5-6-10(16-11)17-7-1-2-8(17)4-3-7;13-12(14,15)11-9(16)5-6-10(17-11)18-7-1-2-8(18)4-3-7;1-2-7-4-3-6(1)5-7;7-4-2-1-3(12(13)14)5(11-4)6(8,9)10;6-4-2-1-3(9(10)11)5(7)8-4;6-4-2-1-3-5(7)8-4;/h5-8H,1-4H2;5-8H,1-4,16H2;6-7H,1-5H2;1-2H;1-2H;1-3H;1H. The molecule has 5 aromatic rings. The Morgan fingerprint density at radius 2 is 0.772 bits per heavy atom. The predicted octanol–water partition coefficient (Wildman–Crippen LogP) is 16.5. The summed E-state index contributed by atoms with van der Waals surface area (Å²) in [5.74, 6) is 2.96. The molecule has 0 unspecified atom stereocenters. The third-order valence-corrected chi connectivity index (χ3v) is 15.9. The highest BCUT2D eigenvalue weighted by Gasteiger charge is 2.45. The van der Waals surface area contributed by atoms with Gasteiger partial charge >= 0.3 is 24.2 Å². The van der Waals surface area contributed by atoms with Gasteiger partial charge in [-0.2, -0.15) is 39.5 Å². The zero-order chi connectivity index (χ0) is 57.4. The number of anilines is 3. The largest absolute Gasteiger partial charge is 0.440 e. The van der Waals surface area contributed by atoms with Crippen LogP contribution in [0.5, 0.6) is 0 Å². The van der Waals surface area contributed by atoms with Gasteiger partial charge in [-0.25, -0.2) is 24.9 Å². The first-order chi connectivity index (χ1) is 36.5. The van der Waals surface area contributed by atoms with Gasteiger partial charge in [-0.15, -0.1) is 12.4 Å². The van der Waals surface area contributed by atoms with E-state index in [4.69, 9.17) is 5.73 Å². The van der Waals surface area contributed by atoms with E-state index in [0.717, 1.165) is 78.8 Å². The summed E-state index contributed by atoms with van der Waals surface area (Å²) in [7, 11) is 0. The molecule has 0 atom stereocenters. The molecule has 4 aliphatic heterocycles. The Bertz CT molecular complexity index is 2880. The maximum atomic E-state index is 12.9. The van der Waals surface area contributed by atoms with Crippen LogP contribution < -0.4 is 15.5 Å². The molecular formula is C47H46Br5ClF9N11O6. The zero-order valence-electron chi connectivity index (χ0n) is 40.7. The summed E-state index contributed by atoms with van der Waals surface area (Å²) in [5, 5.41) is 31.2. The maximum Gasteiger partial charge on any atom is 0.440 e. The van der Waals surface area contributed by atoms with E-state index in [1.807, 2.05) is 28.0 Å². The fourth-order valence-electron chi connectivity index (χ4n) is 10.2. The number of fused-ring (bicyclic) bond motifs is 6. The van der Waals surface area contributed by atoms with Crippen LogP contribution in [-0.4, -0.2) is 63.9 Å². The van der Waals surface area contributed by atoms with Crippen LogP contribution in [0, 0.1) is 42.2 Å². The van der Waals surface area contributed by atoms with E-state index in [-0.39, 0.29) is 50.9 Å². The van der Waals surface area contributed by atoms with E-state index in [1.54, 1.807) is 38.2 Å². The Hall–Kier alpha value is -4.59. The van der Waals surface area contributed by atoms with Crippen LogP contribution in [0.15, 0.2) is 89.7 Å². The molecule has 0 aromatic carbocycles. The predicted molar refractivity (Wildman–Crippen MR) is 293 cm³/mol. The number of aromatic nitrogens is 5. The number of nitrogen functional groups attached to an aromatic ring is 1. The lowest BCUT2D eigenvalue weighted by Gasteiger charge is -2.24. The molecule has 11 rings (SSSR count). The van der Waals surface area contributed by atoms with Crippen molar-refractivity contribution in [2.45, 2.75) is 126 Å². The lowest BCUT2D eigenvalue weighted by atomic mass is 10.0. The Labute approximate surface area is 493 Å². The summed E-state index contributed by atoms with van der Waals surface area (Å²) >= 11 is 15.2. The molecule has 5 aromatic heterocycles. The quantitative estimate of drug-likeness (QED) is 0.0747. The van der Waals surface area contributed by atoms with E-state index in [1.165, 1.54) is 36.1 Å². The van der Waals surface area contributed by atoms with Crippen molar-refractivity contribution in [3.05, 3.63) is 137 Å². The minimum atomic E-state index is -4.83. The Morgan fingerprint density at radius 1 is 0.443 bits per heavy atom. The normalized spacial score (nSPS) is 21.1. The van der Waals surface area contributed by atoms with E-state index < -0.39 is 61.8 Å². The molecule has 6 fully saturated rings. The van der Waals surface area contributed by atoms with Crippen LogP contribution in [0.4, 0.5) is 73.9 Å². The van der Waals surface area contributed by atoms with Crippen LogP contribution in [-0.2, 0) is 18.5 Å². The first-order valence-electron chi connectivity index (χ1n) is 23.8. The summed E-state index contributed by atoms with van der Waals surface area (Å²) in [5.41, 5.74) is -0.911. The SMILES string of the molecule is Brc1cccc(Br)n1.C1CC2CCC1C2.Cl.Nc1ccc(N2C3CCC2CC3)nc1C(F)(F)F.O=[N+]([O-])c1ccc(Br)nc1Br.O=[N+]([O-])c1ccc(Br)nc1C(F)(F)F.O=[N+]([O-])c1ccc(N2C3CCC2CC3)nc1C(F)(F)F. The Morgan fingerprint density at radius 3 is 1.10 bits per heavy atom. The highest BCUT2D eigenvalue weighted by Crippen LogP contribution is 2.46. The van der Waals surface area contributed by atoms with Crippen LogP contribution in [0.25, 0.3) is 0 Å². The molecule has 2 N–H and O–H groups in total. The molecule has 6 bridgehead atoms. The monoisotopic (exact) mass is 1460 g/mol. The lowest BCUT2D eigenvalue weighted by molar-refractivity contribution is -0.388. The second kappa shape index (κ2) is 27.9. The van der Waals surface area contributed by atoms with Crippen molar-refractivity contribution in [3.63, 3.8) is 0 Å².